The summed E-state index contributed by atoms with van der Waals surface area (Å²) in [5.41, 5.74) is 0.00389. The minimum Gasteiger partial charge on any atom is -0.351 e. The van der Waals surface area contributed by atoms with Gasteiger partial charge in [0.05, 0.1) is 11.3 Å². The van der Waals surface area contributed by atoms with Crippen LogP contribution in [-0.2, 0) is 10.0 Å². The van der Waals surface area contributed by atoms with Gasteiger partial charge in [-0.05, 0) is 18.9 Å². The van der Waals surface area contributed by atoms with Crippen molar-refractivity contribution < 1.29 is 13.2 Å². The van der Waals surface area contributed by atoms with E-state index in [9.17, 15) is 18.0 Å². The molecule has 0 aliphatic carbocycles. The number of carbonyl (C=O) groups excluding carboxylic acids is 1. The van der Waals surface area contributed by atoms with Crippen molar-refractivity contribution >= 4 is 15.9 Å². The Labute approximate surface area is 123 Å². The average molecular weight is 313 g/mol. The molecule has 1 fully saturated rings. The van der Waals surface area contributed by atoms with Crippen molar-refractivity contribution in [2.24, 2.45) is 0 Å². The van der Waals surface area contributed by atoms with Crippen LogP contribution in [0.15, 0.2) is 23.1 Å². The number of pyridine rings is 1. The van der Waals surface area contributed by atoms with Crippen molar-refractivity contribution in [1.82, 2.24) is 14.6 Å². The fourth-order valence-corrected chi connectivity index (χ4v) is 3.65. The van der Waals surface area contributed by atoms with Crippen LogP contribution in [0.4, 0.5) is 0 Å². The molecule has 0 bridgehead atoms. The van der Waals surface area contributed by atoms with E-state index in [0.29, 0.717) is 18.7 Å². The van der Waals surface area contributed by atoms with Gasteiger partial charge in [-0.1, -0.05) is 6.42 Å². The predicted molar refractivity (Wildman–Crippen MR) is 78.6 cm³/mol. The molecule has 2 rings (SSSR count). The number of hydrogen-bond donors (Lipinski definition) is 2. The van der Waals surface area contributed by atoms with Crippen LogP contribution in [0.2, 0.25) is 0 Å². The van der Waals surface area contributed by atoms with Gasteiger partial charge in [-0.3, -0.25) is 9.59 Å². The lowest BCUT2D eigenvalue weighted by molar-refractivity contribution is 0.0955. The lowest BCUT2D eigenvalue weighted by atomic mass is 10.2. The third-order valence-corrected chi connectivity index (χ3v) is 5.27. The van der Waals surface area contributed by atoms with E-state index in [1.54, 1.807) is 0 Å². The molecule has 7 nitrogen and oxygen atoms in total. The van der Waals surface area contributed by atoms with Crippen LogP contribution < -0.4 is 10.9 Å². The fraction of sp³-hybridized carbons (Fsp3) is 0.538. The average Bonchev–Trinajstić information content (AvgIpc) is 2.48. The Bertz CT molecular complexity index is 627. The maximum Gasteiger partial charge on any atom is 0.252 e. The molecule has 2 heterocycles. The number of amides is 1. The first kappa shape index (κ1) is 15.7. The van der Waals surface area contributed by atoms with E-state index in [0.717, 1.165) is 19.3 Å². The Morgan fingerprint density at radius 3 is 2.57 bits per heavy atom. The molecule has 1 saturated heterocycles. The van der Waals surface area contributed by atoms with Crippen LogP contribution in [0.25, 0.3) is 0 Å². The maximum atomic E-state index is 12.1. The largest absolute Gasteiger partial charge is 0.351 e. The van der Waals surface area contributed by atoms with Gasteiger partial charge >= 0.3 is 0 Å². The fourth-order valence-electron chi connectivity index (χ4n) is 2.22. The molecule has 21 heavy (non-hydrogen) atoms. The van der Waals surface area contributed by atoms with E-state index < -0.39 is 15.9 Å². The first-order valence-corrected chi connectivity index (χ1v) is 8.55. The van der Waals surface area contributed by atoms with Gasteiger partial charge < -0.3 is 10.3 Å². The molecule has 0 unspecified atom stereocenters. The highest BCUT2D eigenvalue weighted by Crippen LogP contribution is 2.13. The van der Waals surface area contributed by atoms with Crippen LogP contribution in [0, 0.1) is 0 Å². The molecule has 116 valence electrons. The molecule has 0 atom stereocenters. The number of aromatic amines is 1. The van der Waals surface area contributed by atoms with Crippen molar-refractivity contribution in [3.05, 3.63) is 34.2 Å². The number of nitrogens with one attached hydrogen (secondary N) is 2. The number of piperidine rings is 1. The molecular formula is C13H19N3O4S. The van der Waals surface area contributed by atoms with Gasteiger partial charge in [0, 0.05) is 31.9 Å². The Balaban J connectivity index is 1.84. The highest BCUT2D eigenvalue weighted by Gasteiger charge is 2.23. The molecule has 8 heteroatoms. The molecule has 0 radical (unpaired) electrons. The first-order chi connectivity index (χ1) is 9.99. The Morgan fingerprint density at radius 2 is 1.95 bits per heavy atom. The van der Waals surface area contributed by atoms with E-state index in [4.69, 9.17) is 0 Å². The second kappa shape index (κ2) is 6.86. The highest BCUT2D eigenvalue weighted by molar-refractivity contribution is 7.89. The van der Waals surface area contributed by atoms with E-state index in [1.165, 1.54) is 22.6 Å². The zero-order valence-electron chi connectivity index (χ0n) is 11.7. The molecule has 1 aliphatic heterocycles. The quantitative estimate of drug-likeness (QED) is 0.794. The molecule has 2 N–H and O–H groups in total. The number of carbonyl (C=O) groups is 1. The summed E-state index contributed by atoms with van der Waals surface area (Å²) in [5.74, 6) is -0.512. The number of aromatic nitrogens is 1. The van der Waals surface area contributed by atoms with Crippen molar-refractivity contribution in [2.75, 3.05) is 25.4 Å². The molecular weight excluding hydrogens is 294 g/mol. The first-order valence-electron chi connectivity index (χ1n) is 6.94. The standard InChI is InChI=1S/C13H19N3O4S/c17-12-5-4-11(10-15-12)13(18)14-6-9-21(19,20)16-7-2-1-3-8-16/h4-5,10H,1-3,6-9H2,(H,14,18)(H,15,17). The third kappa shape index (κ3) is 4.40. The number of hydrogen-bond acceptors (Lipinski definition) is 4. The molecule has 1 amide bonds. The topological polar surface area (TPSA) is 99.3 Å². The molecule has 0 spiro atoms. The summed E-state index contributed by atoms with van der Waals surface area (Å²) in [6, 6.07) is 2.65. The van der Waals surface area contributed by atoms with E-state index in [1.807, 2.05) is 0 Å². The minimum absolute atomic E-state index is 0.0524. The van der Waals surface area contributed by atoms with Crippen LogP contribution in [0.3, 0.4) is 0 Å². The summed E-state index contributed by atoms with van der Waals surface area (Å²) in [7, 11) is -3.31. The Kier molecular flexibility index (Phi) is 5.13. The maximum absolute atomic E-state index is 12.1. The summed E-state index contributed by atoms with van der Waals surface area (Å²) in [6.45, 7) is 1.18. The summed E-state index contributed by atoms with van der Waals surface area (Å²) in [6.07, 6.45) is 4.15. The van der Waals surface area contributed by atoms with Gasteiger partial charge in [-0.15, -0.1) is 0 Å². The smallest absolute Gasteiger partial charge is 0.252 e. The molecule has 0 aromatic carbocycles. The monoisotopic (exact) mass is 313 g/mol. The number of sulfonamides is 1. The third-order valence-electron chi connectivity index (χ3n) is 3.40. The number of nitrogens with zero attached hydrogens (tertiary/aromatic N) is 1. The van der Waals surface area contributed by atoms with E-state index in [-0.39, 0.29) is 17.9 Å². The summed E-state index contributed by atoms with van der Waals surface area (Å²) in [4.78, 5) is 25.1. The van der Waals surface area contributed by atoms with Gasteiger partial charge in [0.1, 0.15) is 0 Å². The van der Waals surface area contributed by atoms with Crippen LogP contribution in [0.1, 0.15) is 29.6 Å². The van der Waals surface area contributed by atoms with Crippen molar-refractivity contribution in [2.45, 2.75) is 19.3 Å². The van der Waals surface area contributed by atoms with Crippen molar-refractivity contribution in [1.29, 1.82) is 0 Å². The molecule has 0 saturated carbocycles. The van der Waals surface area contributed by atoms with Crippen LogP contribution in [0.5, 0.6) is 0 Å². The predicted octanol–water partition coefficient (Wildman–Crippen LogP) is -0.0796. The Hall–Kier alpha value is -1.67. The van der Waals surface area contributed by atoms with Crippen molar-refractivity contribution in [3.63, 3.8) is 0 Å². The van der Waals surface area contributed by atoms with Gasteiger partial charge in [0.2, 0.25) is 15.6 Å². The zero-order chi connectivity index (χ0) is 15.3. The summed E-state index contributed by atoms with van der Waals surface area (Å²) < 4.78 is 25.6. The summed E-state index contributed by atoms with van der Waals surface area (Å²) >= 11 is 0. The molecule has 1 aromatic rings. The van der Waals surface area contributed by atoms with Crippen LogP contribution in [-0.4, -0.2) is 49.0 Å². The second-order valence-corrected chi connectivity index (χ2v) is 7.06. The summed E-state index contributed by atoms with van der Waals surface area (Å²) in [5, 5.41) is 2.55. The Morgan fingerprint density at radius 1 is 1.24 bits per heavy atom. The number of rotatable bonds is 5. The molecule has 1 aromatic heterocycles. The SMILES string of the molecule is O=C(NCCS(=O)(=O)N1CCCCC1)c1ccc(=O)[nH]c1. The van der Waals surface area contributed by atoms with Gasteiger partial charge in [0.25, 0.3) is 5.91 Å². The number of H-pyrrole nitrogens is 1. The normalized spacial score (nSPS) is 16.6. The van der Waals surface area contributed by atoms with E-state index in [2.05, 4.69) is 10.3 Å². The zero-order valence-corrected chi connectivity index (χ0v) is 12.5. The lowest BCUT2D eigenvalue weighted by Gasteiger charge is -2.25. The van der Waals surface area contributed by atoms with Crippen molar-refractivity contribution in [3.8, 4) is 0 Å². The van der Waals surface area contributed by atoms with Gasteiger partial charge in [0.15, 0.2) is 0 Å². The molecule has 1 aliphatic rings. The second-order valence-electron chi connectivity index (χ2n) is 4.97. The lowest BCUT2D eigenvalue weighted by Crippen LogP contribution is -2.40. The highest BCUT2D eigenvalue weighted by atomic mass is 32.2. The van der Waals surface area contributed by atoms with Gasteiger partial charge in [-0.25, -0.2) is 12.7 Å². The van der Waals surface area contributed by atoms with E-state index >= 15 is 0 Å². The minimum atomic E-state index is -3.31. The van der Waals surface area contributed by atoms with Gasteiger partial charge in [-0.2, -0.15) is 0 Å². The van der Waals surface area contributed by atoms with Crippen LogP contribution >= 0.6 is 0 Å².